The highest BCUT2D eigenvalue weighted by atomic mass is 79.9. The molecule has 2 amide bonds. The Hall–Kier alpha value is -1.60. The molecule has 104 valence electrons. The standard InChI is InChI=1S/C12H15BrN2O4/c1-7-3-2-4-8(10(7)13)14-12(19)15-9(5-6-16)11(17)18/h2-4,9,16H,5-6H2,1H3,(H,17,18)(H2,14,15,19). The highest BCUT2D eigenvalue weighted by Crippen LogP contribution is 2.25. The van der Waals surface area contributed by atoms with Crippen LogP contribution in [-0.2, 0) is 4.79 Å². The smallest absolute Gasteiger partial charge is 0.326 e. The molecule has 0 aliphatic rings. The molecule has 1 aromatic rings. The molecule has 6 nitrogen and oxygen atoms in total. The number of aliphatic hydroxyl groups is 1. The van der Waals surface area contributed by atoms with E-state index in [0.717, 1.165) is 10.0 Å². The lowest BCUT2D eigenvalue weighted by Crippen LogP contribution is -2.43. The Labute approximate surface area is 118 Å². The van der Waals surface area contributed by atoms with Crippen LogP contribution in [0, 0.1) is 6.92 Å². The van der Waals surface area contributed by atoms with Gasteiger partial charge in [0.25, 0.3) is 0 Å². The Morgan fingerprint density at radius 1 is 1.42 bits per heavy atom. The molecular weight excluding hydrogens is 316 g/mol. The lowest BCUT2D eigenvalue weighted by molar-refractivity contribution is -0.139. The lowest BCUT2D eigenvalue weighted by Gasteiger charge is -2.15. The number of carboxylic acids is 1. The fraction of sp³-hybridized carbons (Fsp3) is 0.333. The maximum absolute atomic E-state index is 11.7. The number of hydrogen-bond donors (Lipinski definition) is 4. The van der Waals surface area contributed by atoms with Crippen LogP contribution >= 0.6 is 15.9 Å². The quantitative estimate of drug-likeness (QED) is 0.660. The van der Waals surface area contributed by atoms with E-state index < -0.39 is 18.0 Å². The first-order valence-electron chi connectivity index (χ1n) is 5.62. The number of aliphatic hydroxyl groups excluding tert-OH is 1. The second-order valence-electron chi connectivity index (χ2n) is 3.94. The number of amides is 2. The number of carbonyl (C=O) groups excluding carboxylic acids is 1. The summed E-state index contributed by atoms with van der Waals surface area (Å²) < 4.78 is 0.735. The van der Waals surface area contributed by atoms with Crippen molar-refractivity contribution in [2.24, 2.45) is 0 Å². The van der Waals surface area contributed by atoms with Gasteiger partial charge < -0.3 is 20.8 Å². The molecule has 0 saturated heterocycles. The topological polar surface area (TPSA) is 98.7 Å². The number of nitrogens with one attached hydrogen (secondary N) is 2. The molecule has 19 heavy (non-hydrogen) atoms. The first-order valence-corrected chi connectivity index (χ1v) is 6.41. The van der Waals surface area contributed by atoms with Gasteiger partial charge in [-0.15, -0.1) is 0 Å². The maximum Gasteiger partial charge on any atom is 0.326 e. The van der Waals surface area contributed by atoms with Gasteiger partial charge >= 0.3 is 12.0 Å². The van der Waals surface area contributed by atoms with Crippen molar-refractivity contribution < 1.29 is 19.8 Å². The molecule has 1 unspecified atom stereocenters. The van der Waals surface area contributed by atoms with E-state index in [0.29, 0.717) is 5.69 Å². The normalized spacial score (nSPS) is 11.7. The molecule has 0 fully saturated rings. The van der Waals surface area contributed by atoms with Crippen molar-refractivity contribution in [2.75, 3.05) is 11.9 Å². The number of rotatable bonds is 5. The van der Waals surface area contributed by atoms with Crippen LogP contribution in [0.4, 0.5) is 10.5 Å². The summed E-state index contributed by atoms with van der Waals surface area (Å²) in [5.74, 6) is -1.19. The zero-order valence-electron chi connectivity index (χ0n) is 10.3. The van der Waals surface area contributed by atoms with Gasteiger partial charge in [0.15, 0.2) is 0 Å². The zero-order valence-corrected chi connectivity index (χ0v) is 11.9. The van der Waals surface area contributed by atoms with Gasteiger partial charge in [0.2, 0.25) is 0 Å². The van der Waals surface area contributed by atoms with Crippen molar-refractivity contribution in [3.8, 4) is 0 Å². The van der Waals surface area contributed by atoms with Crippen molar-refractivity contribution in [2.45, 2.75) is 19.4 Å². The Morgan fingerprint density at radius 3 is 2.68 bits per heavy atom. The zero-order chi connectivity index (χ0) is 14.4. The summed E-state index contributed by atoms with van der Waals surface area (Å²) in [6.07, 6.45) is -0.0439. The van der Waals surface area contributed by atoms with Crippen LogP contribution < -0.4 is 10.6 Å². The van der Waals surface area contributed by atoms with Gasteiger partial charge in [0, 0.05) is 17.5 Å². The SMILES string of the molecule is Cc1cccc(NC(=O)NC(CCO)C(=O)O)c1Br. The monoisotopic (exact) mass is 330 g/mol. The first-order chi connectivity index (χ1) is 8.95. The van der Waals surface area contributed by atoms with Gasteiger partial charge in [-0.3, -0.25) is 0 Å². The van der Waals surface area contributed by atoms with E-state index in [9.17, 15) is 9.59 Å². The fourth-order valence-corrected chi connectivity index (χ4v) is 1.81. The maximum atomic E-state index is 11.7. The van der Waals surface area contributed by atoms with Gasteiger partial charge in [0.05, 0.1) is 5.69 Å². The molecule has 7 heteroatoms. The number of carbonyl (C=O) groups is 2. The van der Waals surface area contributed by atoms with Crippen molar-refractivity contribution in [1.29, 1.82) is 0 Å². The average Bonchev–Trinajstić information content (AvgIpc) is 2.34. The molecule has 0 spiro atoms. The summed E-state index contributed by atoms with van der Waals surface area (Å²) in [5.41, 5.74) is 1.49. The summed E-state index contributed by atoms with van der Waals surface area (Å²) in [7, 11) is 0. The van der Waals surface area contributed by atoms with E-state index in [1.165, 1.54) is 0 Å². The number of aliphatic carboxylic acids is 1. The molecular formula is C12H15BrN2O4. The molecule has 1 aromatic carbocycles. The first kappa shape index (κ1) is 15.5. The van der Waals surface area contributed by atoms with Gasteiger partial charge in [-0.05, 0) is 34.5 Å². The molecule has 0 saturated carbocycles. The van der Waals surface area contributed by atoms with Gasteiger partial charge in [0.1, 0.15) is 6.04 Å². The van der Waals surface area contributed by atoms with E-state index in [-0.39, 0.29) is 13.0 Å². The summed E-state index contributed by atoms with van der Waals surface area (Å²) in [6, 6.07) is 3.59. The summed E-state index contributed by atoms with van der Waals surface area (Å²) in [4.78, 5) is 22.5. The largest absolute Gasteiger partial charge is 0.480 e. The Kier molecular flexibility index (Phi) is 5.78. The second-order valence-corrected chi connectivity index (χ2v) is 4.73. The van der Waals surface area contributed by atoms with Crippen LogP contribution in [0.3, 0.4) is 0 Å². The predicted octanol–water partition coefficient (Wildman–Crippen LogP) is 1.71. The highest BCUT2D eigenvalue weighted by Gasteiger charge is 2.19. The molecule has 1 rings (SSSR count). The summed E-state index contributed by atoms with van der Waals surface area (Å²) in [6.45, 7) is 1.56. The number of halogens is 1. The third-order valence-corrected chi connectivity index (χ3v) is 3.51. The number of carboxylic acid groups (broad SMARTS) is 1. The van der Waals surface area contributed by atoms with Gasteiger partial charge in [-0.1, -0.05) is 12.1 Å². The van der Waals surface area contributed by atoms with Gasteiger partial charge in [-0.25, -0.2) is 9.59 Å². The molecule has 0 aliphatic heterocycles. The van der Waals surface area contributed by atoms with Crippen LogP contribution in [0.1, 0.15) is 12.0 Å². The second kappa shape index (κ2) is 7.10. The third kappa shape index (κ3) is 4.53. The van der Waals surface area contributed by atoms with Crippen molar-refractivity contribution >= 4 is 33.6 Å². The number of anilines is 1. The minimum Gasteiger partial charge on any atom is -0.480 e. The highest BCUT2D eigenvalue weighted by molar-refractivity contribution is 9.10. The minimum absolute atomic E-state index is 0.0439. The average molecular weight is 331 g/mol. The third-order valence-electron chi connectivity index (χ3n) is 2.46. The number of hydrogen-bond acceptors (Lipinski definition) is 3. The van der Waals surface area contributed by atoms with Crippen LogP contribution in [0.2, 0.25) is 0 Å². The Balaban J connectivity index is 2.69. The Bertz CT molecular complexity index is 479. The molecule has 0 heterocycles. The van der Waals surface area contributed by atoms with Gasteiger partial charge in [-0.2, -0.15) is 0 Å². The van der Waals surface area contributed by atoms with Crippen LogP contribution in [-0.4, -0.2) is 34.9 Å². The summed E-state index contributed by atoms with van der Waals surface area (Å²) >= 11 is 3.34. The predicted molar refractivity (Wildman–Crippen MR) is 74.2 cm³/mol. The van der Waals surface area contributed by atoms with Crippen molar-refractivity contribution in [3.05, 3.63) is 28.2 Å². The van der Waals surface area contributed by atoms with Crippen LogP contribution in [0.25, 0.3) is 0 Å². The van der Waals surface area contributed by atoms with Crippen LogP contribution in [0.15, 0.2) is 22.7 Å². The number of urea groups is 1. The van der Waals surface area contributed by atoms with Crippen molar-refractivity contribution in [3.63, 3.8) is 0 Å². The lowest BCUT2D eigenvalue weighted by atomic mass is 10.2. The van der Waals surface area contributed by atoms with E-state index >= 15 is 0 Å². The molecule has 1 atom stereocenters. The van der Waals surface area contributed by atoms with Crippen LogP contribution in [0.5, 0.6) is 0 Å². The number of benzene rings is 1. The van der Waals surface area contributed by atoms with E-state index in [2.05, 4.69) is 26.6 Å². The number of aryl methyl sites for hydroxylation is 1. The molecule has 0 bridgehead atoms. The molecule has 4 N–H and O–H groups in total. The van der Waals surface area contributed by atoms with Crippen molar-refractivity contribution in [1.82, 2.24) is 5.32 Å². The molecule has 0 aromatic heterocycles. The van der Waals surface area contributed by atoms with E-state index in [1.54, 1.807) is 12.1 Å². The molecule has 0 aliphatic carbocycles. The Morgan fingerprint density at radius 2 is 2.11 bits per heavy atom. The van der Waals surface area contributed by atoms with E-state index in [4.69, 9.17) is 10.2 Å². The fourth-order valence-electron chi connectivity index (χ4n) is 1.45. The molecule has 0 radical (unpaired) electrons. The minimum atomic E-state index is -1.19. The summed E-state index contributed by atoms with van der Waals surface area (Å²) in [5, 5.41) is 22.4. The van der Waals surface area contributed by atoms with E-state index in [1.807, 2.05) is 13.0 Å².